The summed E-state index contributed by atoms with van der Waals surface area (Å²) in [5, 5.41) is 32.3. The first kappa shape index (κ1) is 43.4. The molecule has 1 saturated carbocycles. The Bertz CT molecular complexity index is 2180. The number of phenols is 2. The van der Waals surface area contributed by atoms with E-state index in [1.165, 1.54) is 25.7 Å². The van der Waals surface area contributed by atoms with Gasteiger partial charge in [0.2, 0.25) is 0 Å². The standard InChI is InChI=1S/C50H61N3O6/c1-3-4-5-7-33(2)18-23-50(25-20-39(55)32-50)24-19-38(54)14-10-34-12-17-46(57)48(29-34)59-27-22-35-11-16-45(56)43(28-35)42-31-47(58)41-21-26-53-44(41)9-6-8-36-30-37(49(51)52)13-15-40(36)42/h11-13,15-17,19,21,24,26,28-30,33,39,42,49,53,55-57H,3-5,7,9-10,14,18,20,22-23,25,27,31-32,51-52H2,1-2H3/b24-19+/t33-,39-,42+,50+/m0/s1. The largest absolute Gasteiger partial charge is 0.508 e. The van der Waals surface area contributed by atoms with E-state index < -0.39 is 12.1 Å². The number of aromatic hydroxyl groups is 2. The van der Waals surface area contributed by atoms with Gasteiger partial charge in [0.15, 0.2) is 23.1 Å². The molecule has 1 heterocycles. The normalized spacial score (nSPS) is 19.6. The molecular formula is C50H61N3O6. The van der Waals surface area contributed by atoms with Crippen LogP contribution in [-0.2, 0) is 24.1 Å². The van der Waals surface area contributed by atoms with E-state index in [0.29, 0.717) is 66.0 Å². The maximum absolute atomic E-state index is 13.7. The Balaban J connectivity index is 1.10. The Morgan fingerprint density at radius 1 is 1.00 bits per heavy atom. The molecule has 2 aliphatic carbocycles. The first-order chi connectivity index (χ1) is 28.4. The number of rotatable bonds is 18. The van der Waals surface area contributed by atoms with E-state index in [9.17, 15) is 24.9 Å². The third-order valence-electron chi connectivity index (χ3n) is 12.3. The minimum atomic E-state index is -0.691. The van der Waals surface area contributed by atoms with Gasteiger partial charge in [-0.15, -0.1) is 0 Å². The van der Waals surface area contributed by atoms with Crippen LogP contribution in [0.3, 0.4) is 0 Å². The van der Waals surface area contributed by atoms with Crippen molar-refractivity contribution in [3.63, 3.8) is 0 Å². The maximum atomic E-state index is 13.7. The van der Waals surface area contributed by atoms with Gasteiger partial charge in [-0.3, -0.25) is 9.59 Å². The number of carbonyl (C=O) groups is 2. The van der Waals surface area contributed by atoms with Crippen LogP contribution in [0, 0.1) is 23.2 Å². The number of unbranched alkanes of at least 4 members (excludes halogenated alkanes) is 2. The number of ketones is 2. The van der Waals surface area contributed by atoms with E-state index >= 15 is 0 Å². The number of carbonyl (C=O) groups excluding carboxylic acids is 2. The molecule has 9 nitrogen and oxygen atoms in total. The van der Waals surface area contributed by atoms with Crippen LogP contribution in [-0.4, -0.2) is 44.6 Å². The molecule has 0 unspecified atom stereocenters. The Morgan fingerprint density at radius 3 is 2.56 bits per heavy atom. The predicted octanol–water partition coefficient (Wildman–Crippen LogP) is 8.86. The van der Waals surface area contributed by atoms with Crippen molar-refractivity contribution in [2.45, 2.75) is 122 Å². The smallest absolute Gasteiger partial charge is 0.165 e. The number of nitrogens with two attached hydrogens (primary N) is 2. The number of H-pyrrole nitrogens is 1. The summed E-state index contributed by atoms with van der Waals surface area (Å²) < 4.78 is 6.09. The van der Waals surface area contributed by atoms with Crippen LogP contribution in [0.2, 0.25) is 0 Å². The van der Waals surface area contributed by atoms with Crippen LogP contribution in [0.5, 0.6) is 17.2 Å². The monoisotopic (exact) mass is 799 g/mol. The van der Waals surface area contributed by atoms with Gasteiger partial charge in [-0.05, 0) is 109 Å². The SMILES string of the molecule is CCCCC[C@H](C)CC[C@@]1(/C=C/C(=O)CCc2ccc(O)c(OCCc3ccc(O)c([C@@H]4CC(=O)c5cc[nH]c5CC#Cc5cc(C(N)N)ccc54)c3)c2)CC[C@H](O)C1. The lowest BCUT2D eigenvalue weighted by Gasteiger charge is -2.27. The number of hydrogen-bond acceptors (Lipinski definition) is 8. The molecule has 0 bridgehead atoms. The molecule has 59 heavy (non-hydrogen) atoms. The number of allylic oxidation sites excluding steroid dienone is 2. The van der Waals surface area contributed by atoms with E-state index in [0.717, 1.165) is 48.1 Å². The first-order valence-electron chi connectivity index (χ1n) is 21.4. The minimum absolute atomic E-state index is 0.00967. The highest BCUT2D eigenvalue weighted by Gasteiger charge is 2.36. The summed E-state index contributed by atoms with van der Waals surface area (Å²) in [6.07, 6.45) is 15.8. The molecule has 0 amide bonds. The zero-order valence-corrected chi connectivity index (χ0v) is 34.6. The Labute approximate surface area is 349 Å². The van der Waals surface area contributed by atoms with Crippen molar-refractivity contribution in [3.05, 3.63) is 124 Å². The Morgan fingerprint density at radius 2 is 1.80 bits per heavy atom. The van der Waals surface area contributed by atoms with Gasteiger partial charge in [0, 0.05) is 53.8 Å². The fourth-order valence-corrected chi connectivity index (χ4v) is 8.69. The molecule has 3 aromatic carbocycles. The second-order valence-electron chi connectivity index (χ2n) is 16.9. The van der Waals surface area contributed by atoms with Gasteiger partial charge >= 0.3 is 0 Å². The highest BCUT2D eigenvalue weighted by Crippen LogP contribution is 2.45. The topological polar surface area (TPSA) is 172 Å². The van der Waals surface area contributed by atoms with Gasteiger partial charge in [-0.2, -0.15) is 0 Å². The number of aryl methyl sites for hydroxylation is 1. The lowest BCUT2D eigenvalue weighted by atomic mass is 9.78. The number of aliphatic hydroxyl groups is 1. The molecule has 0 radical (unpaired) electrons. The van der Waals surface area contributed by atoms with Crippen molar-refractivity contribution in [3.8, 4) is 29.1 Å². The Hall–Kier alpha value is -5.14. The van der Waals surface area contributed by atoms with Crippen molar-refractivity contribution in [1.29, 1.82) is 0 Å². The van der Waals surface area contributed by atoms with Crippen molar-refractivity contribution in [2.75, 3.05) is 6.61 Å². The number of benzene rings is 3. The van der Waals surface area contributed by atoms with Crippen molar-refractivity contribution < 1.29 is 29.6 Å². The van der Waals surface area contributed by atoms with Crippen LogP contribution in [0.1, 0.15) is 146 Å². The quantitative estimate of drug-likeness (QED) is 0.0251. The van der Waals surface area contributed by atoms with Crippen molar-refractivity contribution in [1.82, 2.24) is 4.98 Å². The van der Waals surface area contributed by atoms with Gasteiger partial charge in [-0.1, -0.05) is 87.8 Å². The maximum Gasteiger partial charge on any atom is 0.165 e. The molecule has 4 aromatic rings. The second-order valence-corrected chi connectivity index (χ2v) is 16.9. The molecule has 0 spiro atoms. The van der Waals surface area contributed by atoms with Crippen LogP contribution >= 0.6 is 0 Å². The number of aliphatic hydroxyl groups excluding tert-OH is 1. The van der Waals surface area contributed by atoms with E-state index in [4.69, 9.17) is 16.2 Å². The van der Waals surface area contributed by atoms with Gasteiger partial charge in [-0.25, -0.2) is 0 Å². The second kappa shape index (κ2) is 20.2. The number of ether oxygens (including phenoxy) is 1. The summed E-state index contributed by atoms with van der Waals surface area (Å²) in [7, 11) is 0. The molecule has 1 fully saturated rings. The summed E-state index contributed by atoms with van der Waals surface area (Å²) in [5.41, 5.74) is 17.8. The van der Waals surface area contributed by atoms with Gasteiger partial charge in [0.25, 0.3) is 0 Å². The molecular weight excluding hydrogens is 739 g/mol. The number of fused-ring (bicyclic) bond motifs is 2. The van der Waals surface area contributed by atoms with E-state index in [2.05, 4.69) is 36.7 Å². The fraction of sp³-hybridized carbons (Fsp3) is 0.440. The van der Waals surface area contributed by atoms with Crippen LogP contribution in [0.25, 0.3) is 0 Å². The molecule has 0 aliphatic heterocycles. The van der Waals surface area contributed by atoms with E-state index in [-0.39, 0.29) is 47.6 Å². The fourth-order valence-electron chi connectivity index (χ4n) is 8.69. The van der Waals surface area contributed by atoms with Gasteiger partial charge < -0.3 is 36.5 Å². The summed E-state index contributed by atoms with van der Waals surface area (Å²) >= 11 is 0. The Kier molecular flexibility index (Phi) is 14.9. The third kappa shape index (κ3) is 11.5. The van der Waals surface area contributed by atoms with Gasteiger partial charge in [0.1, 0.15) is 5.75 Å². The highest BCUT2D eigenvalue weighted by atomic mass is 16.5. The van der Waals surface area contributed by atoms with Crippen LogP contribution in [0.15, 0.2) is 79.0 Å². The zero-order chi connectivity index (χ0) is 41.9. The third-order valence-corrected chi connectivity index (χ3v) is 12.3. The summed E-state index contributed by atoms with van der Waals surface area (Å²) in [4.78, 5) is 30.0. The van der Waals surface area contributed by atoms with Crippen LogP contribution < -0.4 is 16.2 Å². The average molecular weight is 800 g/mol. The molecule has 6 rings (SSSR count). The number of aromatic nitrogens is 1. The van der Waals surface area contributed by atoms with E-state index in [1.54, 1.807) is 36.5 Å². The zero-order valence-electron chi connectivity index (χ0n) is 34.6. The summed E-state index contributed by atoms with van der Waals surface area (Å²) in [5.74, 6) is 6.99. The minimum Gasteiger partial charge on any atom is -0.508 e. The molecule has 9 heteroatoms. The first-order valence-corrected chi connectivity index (χ1v) is 21.4. The molecule has 0 saturated heterocycles. The van der Waals surface area contributed by atoms with Crippen LogP contribution in [0.4, 0.5) is 0 Å². The molecule has 2 aliphatic rings. The number of phenolic OH excluding ortho intramolecular Hbond substituents is 2. The summed E-state index contributed by atoms with van der Waals surface area (Å²) in [6, 6.07) is 17.9. The number of hydrogen-bond donors (Lipinski definition) is 6. The average Bonchev–Trinajstić information content (AvgIpc) is 3.85. The molecule has 4 atom stereocenters. The number of aromatic amines is 1. The number of nitrogens with one attached hydrogen (secondary N) is 1. The molecule has 8 N–H and O–H groups in total. The summed E-state index contributed by atoms with van der Waals surface area (Å²) in [6.45, 7) is 4.78. The lowest BCUT2D eigenvalue weighted by molar-refractivity contribution is -0.114. The molecule has 312 valence electrons. The van der Waals surface area contributed by atoms with Crippen molar-refractivity contribution in [2.24, 2.45) is 22.8 Å². The lowest BCUT2D eigenvalue weighted by Crippen LogP contribution is -2.20. The highest BCUT2D eigenvalue weighted by molar-refractivity contribution is 5.98. The number of Topliss-reactive ketones (excluding diaryl/α,β-unsaturated/α-hetero) is 1. The van der Waals surface area contributed by atoms with Crippen molar-refractivity contribution >= 4 is 11.6 Å². The van der Waals surface area contributed by atoms with Gasteiger partial charge in [0.05, 0.1) is 25.3 Å². The van der Waals surface area contributed by atoms with E-state index in [1.807, 2.05) is 36.4 Å². The molecule has 1 aromatic heterocycles. The predicted molar refractivity (Wildman–Crippen MR) is 232 cm³/mol.